The highest BCUT2D eigenvalue weighted by molar-refractivity contribution is 5.78. The van der Waals surface area contributed by atoms with Crippen molar-refractivity contribution < 1.29 is 19.1 Å². The molecule has 1 unspecified atom stereocenters. The molecule has 0 saturated carbocycles. The van der Waals surface area contributed by atoms with Crippen LogP contribution < -0.4 is 5.32 Å². The second kappa shape index (κ2) is 11.7. The predicted molar refractivity (Wildman–Crippen MR) is 77.5 cm³/mol. The monoisotopic (exact) mass is 288 g/mol. The fraction of sp³-hybridized carbons (Fsp3) is 0.857. The topological polar surface area (TPSA) is 67.9 Å². The molecule has 0 aromatic carbocycles. The van der Waals surface area contributed by atoms with Crippen molar-refractivity contribution >= 4 is 11.9 Å². The van der Waals surface area contributed by atoms with Crippen LogP contribution in [0.1, 0.15) is 33.1 Å². The number of carbonyl (C=O) groups excluding carboxylic acids is 2. The zero-order valence-corrected chi connectivity index (χ0v) is 13.1. The van der Waals surface area contributed by atoms with Crippen LogP contribution in [0.3, 0.4) is 0 Å². The molecule has 118 valence electrons. The van der Waals surface area contributed by atoms with Crippen molar-refractivity contribution in [1.29, 1.82) is 0 Å². The molecular formula is C14H28N2O4. The summed E-state index contributed by atoms with van der Waals surface area (Å²) in [5.41, 5.74) is 0. The van der Waals surface area contributed by atoms with Crippen molar-refractivity contribution in [3.8, 4) is 0 Å². The lowest BCUT2D eigenvalue weighted by Gasteiger charge is -2.22. The van der Waals surface area contributed by atoms with Crippen molar-refractivity contribution in [2.45, 2.75) is 39.2 Å². The number of nitrogens with zero attached hydrogens (tertiary/aromatic N) is 1. The Kier molecular flexibility index (Phi) is 11.0. The molecule has 0 rings (SSSR count). The smallest absolute Gasteiger partial charge is 0.306 e. The maximum absolute atomic E-state index is 11.9. The van der Waals surface area contributed by atoms with Crippen molar-refractivity contribution in [3.63, 3.8) is 0 Å². The van der Waals surface area contributed by atoms with E-state index >= 15 is 0 Å². The number of carbonyl (C=O) groups is 2. The number of methoxy groups -OCH3 is 2. The summed E-state index contributed by atoms with van der Waals surface area (Å²) in [6.45, 7) is 5.99. The first-order valence-corrected chi connectivity index (χ1v) is 7.10. The standard InChI is InChI=1S/C14H28N2O4/c1-5-6-12(2)15-13(17)11-16(9-10-19-3)8-7-14(18)20-4/h12H,5-11H2,1-4H3,(H,15,17). The van der Waals surface area contributed by atoms with Gasteiger partial charge in [-0.2, -0.15) is 0 Å². The van der Waals surface area contributed by atoms with Crippen LogP contribution in [0.25, 0.3) is 0 Å². The van der Waals surface area contributed by atoms with Gasteiger partial charge in [0.2, 0.25) is 5.91 Å². The lowest BCUT2D eigenvalue weighted by Crippen LogP contribution is -2.42. The summed E-state index contributed by atoms with van der Waals surface area (Å²) < 4.78 is 9.63. The van der Waals surface area contributed by atoms with E-state index in [1.165, 1.54) is 7.11 Å². The fourth-order valence-electron chi connectivity index (χ4n) is 1.87. The Morgan fingerprint density at radius 2 is 1.95 bits per heavy atom. The predicted octanol–water partition coefficient (Wildman–Crippen LogP) is 0.803. The molecule has 0 spiro atoms. The van der Waals surface area contributed by atoms with Crippen molar-refractivity contribution in [2.75, 3.05) is 40.5 Å². The minimum Gasteiger partial charge on any atom is -0.469 e. The molecule has 1 N–H and O–H groups in total. The second-order valence-corrected chi connectivity index (χ2v) is 4.85. The molecule has 0 aromatic rings. The van der Waals surface area contributed by atoms with Gasteiger partial charge in [-0.05, 0) is 13.3 Å². The normalized spacial score (nSPS) is 12.2. The van der Waals surface area contributed by atoms with Gasteiger partial charge in [0.25, 0.3) is 0 Å². The minimum atomic E-state index is -0.271. The summed E-state index contributed by atoms with van der Waals surface area (Å²) >= 11 is 0. The fourth-order valence-corrected chi connectivity index (χ4v) is 1.87. The molecule has 6 heteroatoms. The summed E-state index contributed by atoms with van der Waals surface area (Å²) in [6.07, 6.45) is 2.28. The largest absolute Gasteiger partial charge is 0.469 e. The zero-order valence-electron chi connectivity index (χ0n) is 13.1. The van der Waals surface area contributed by atoms with Crippen LogP contribution in [-0.2, 0) is 19.1 Å². The van der Waals surface area contributed by atoms with Crippen LogP contribution in [0, 0.1) is 0 Å². The van der Waals surface area contributed by atoms with Crippen molar-refractivity contribution in [1.82, 2.24) is 10.2 Å². The van der Waals surface area contributed by atoms with Gasteiger partial charge in [-0.25, -0.2) is 0 Å². The Morgan fingerprint density at radius 1 is 1.25 bits per heavy atom. The molecule has 0 bridgehead atoms. The van der Waals surface area contributed by atoms with Crippen LogP contribution in [-0.4, -0.2) is 63.3 Å². The van der Waals surface area contributed by atoms with E-state index in [0.29, 0.717) is 19.7 Å². The summed E-state index contributed by atoms with van der Waals surface area (Å²) in [4.78, 5) is 25.0. The van der Waals surface area contributed by atoms with E-state index < -0.39 is 0 Å². The van der Waals surface area contributed by atoms with Gasteiger partial charge in [0.05, 0.1) is 26.7 Å². The molecule has 20 heavy (non-hydrogen) atoms. The third-order valence-corrected chi connectivity index (χ3v) is 2.97. The van der Waals surface area contributed by atoms with Gasteiger partial charge in [0.1, 0.15) is 0 Å². The summed E-state index contributed by atoms with van der Waals surface area (Å²) in [5, 5.41) is 2.95. The molecule has 0 aliphatic carbocycles. The number of nitrogens with one attached hydrogen (secondary N) is 1. The van der Waals surface area contributed by atoms with E-state index in [2.05, 4.69) is 17.0 Å². The van der Waals surface area contributed by atoms with Gasteiger partial charge in [0, 0.05) is 26.2 Å². The van der Waals surface area contributed by atoms with Gasteiger partial charge in [-0.1, -0.05) is 13.3 Å². The van der Waals surface area contributed by atoms with Crippen LogP contribution in [0.4, 0.5) is 0 Å². The molecule has 0 aliphatic rings. The third-order valence-electron chi connectivity index (χ3n) is 2.97. The van der Waals surface area contributed by atoms with E-state index in [1.54, 1.807) is 7.11 Å². The second-order valence-electron chi connectivity index (χ2n) is 4.85. The number of hydrogen-bond acceptors (Lipinski definition) is 5. The lowest BCUT2D eigenvalue weighted by molar-refractivity contribution is -0.141. The minimum absolute atomic E-state index is 0.0214. The van der Waals surface area contributed by atoms with E-state index in [4.69, 9.17) is 4.74 Å². The SMILES string of the molecule is CCCC(C)NC(=O)CN(CCOC)CCC(=O)OC. The molecule has 0 aromatic heterocycles. The van der Waals surface area contributed by atoms with Crippen molar-refractivity contribution in [3.05, 3.63) is 0 Å². The number of amides is 1. The van der Waals surface area contributed by atoms with E-state index in [0.717, 1.165) is 12.8 Å². The van der Waals surface area contributed by atoms with Gasteiger partial charge in [-0.15, -0.1) is 0 Å². The van der Waals surface area contributed by atoms with E-state index in [-0.39, 0.29) is 30.9 Å². The van der Waals surface area contributed by atoms with Gasteiger partial charge >= 0.3 is 5.97 Å². The Labute approximate surface area is 121 Å². The Balaban J connectivity index is 4.18. The average Bonchev–Trinajstić information content (AvgIpc) is 2.41. The van der Waals surface area contributed by atoms with Gasteiger partial charge in [0.15, 0.2) is 0 Å². The number of esters is 1. The molecule has 0 heterocycles. The first-order valence-electron chi connectivity index (χ1n) is 7.10. The van der Waals surface area contributed by atoms with E-state index in [1.807, 2.05) is 11.8 Å². The highest BCUT2D eigenvalue weighted by Gasteiger charge is 2.14. The number of rotatable bonds is 11. The molecule has 0 radical (unpaired) electrons. The molecule has 1 atom stereocenters. The number of ether oxygens (including phenoxy) is 2. The Morgan fingerprint density at radius 3 is 2.50 bits per heavy atom. The summed E-state index contributed by atoms with van der Waals surface area (Å²) in [7, 11) is 2.98. The summed E-state index contributed by atoms with van der Waals surface area (Å²) in [5.74, 6) is -0.293. The Bertz CT molecular complexity index is 284. The average molecular weight is 288 g/mol. The molecular weight excluding hydrogens is 260 g/mol. The highest BCUT2D eigenvalue weighted by atomic mass is 16.5. The molecule has 6 nitrogen and oxygen atoms in total. The first kappa shape index (κ1) is 18.9. The van der Waals surface area contributed by atoms with Crippen LogP contribution in [0.2, 0.25) is 0 Å². The summed E-state index contributed by atoms with van der Waals surface area (Å²) in [6, 6.07) is 0.178. The Hall–Kier alpha value is -1.14. The van der Waals surface area contributed by atoms with Gasteiger partial charge < -0.3 is 14.8 Å². The zero-order chi connectivity index (χ0) is 15.4. The molecule has 0 aliphatic heterocycles. The van der Waals surface area contributed by atoms with Crippen LogP contribution in [0.15, 0.2) is 0 Å². The first-order chi connectivity index (χ1) is 9.53. The molecule has 0 saturated heterocycles. The molecule has 1 amide bonds. The highest BCUT2D eigenvalue weighted by Crippen LogP contribution is 1.97. The quantitative estimate of drug-likeness (QED) is 0.570. The lowest BCUT2D eigenvalue weighted by atomic mass is 10.2. The van der Waals surface area contributed by atoms with E-state index in [9.17, 15) is 9.59 Å². The maximum atomic E-state index is 11.9. The maximum Gasteiger partial charge on any atom is 0.306 e. The van der Waals surface area contributed by atoms with Crippen LogP contribution >= 0.6 is 0 Å². The van der Waals surface area contributed by atoms with Crippen molar-refractivity contribution in [2.24, 2.45) is 0 Å². The van der Waals surface area contributed by atoms with Crippen LogP contribution in [0.5, 0.6) is 0 Å². The number of hydrogen-bond donors (Lipinski definition) is 1. The van der Waals surface area contributed by atoms with Gasteiger partial charge in [-0.3, -0.25) is 14.5 Å². The molecule has 0 fully saturated rings. The third kappa shape index (κ3) is 9.75.